The fraction of sp³-hybridized carbons (Fsp3) is 0.562. The van der Waals surface area contributed by atoms with E-state index in [9.17, 15) is 24.3 Å². The number of unbranched alkanes of at least 4 members (excludes halogenated alkanes) is 2. The van der Waals surface area contributed by atoms with Gasteiger partial charge in [0.25, 0.3) is 0 Å². The van der Waals surface area contributed by atoms with Gasteiger partial charge in [-0.05, 0) is 31.2 Å². The van der Waals surface area contributed by atoms with E-state index in [4.69, 9.17) is 9.47 Å². The average Bonchev–Trinajstić information content (AvgIpc) is 3.37. The van der Waals surface area contributed by atoms with Gasteiger partial charge in [-0.2, -0.15) is 0 Å². The van der Waals surface area contributed by atoms with Crippen LogP contribution in [-0.4, -0.2) is 89.1 Å². The minimum absolute atomic E-state index is 0.0204. The van der Waals surface area contributed by atoms with Crippen LogP contribution in [0.5, 0.6) is 0 Å². The number of fused-ring (bicyclic) bond motifs is 2. The predicted octanol–water partition coefficient (Wildman–Crippen LogP) is 2.29. The van der Waals surface area contributed by atoms with Crippen LogP contribution in [0.3, 0.4) is 0 Å². The Morgan fingerprint density at radius 3 is 2.60 bits per heavy atom. The number of hydrogen-bond donors (Lipinski definition) is 2. The largest absolute Gasteiger partial charge is 0.455 e. The molecule has 3 amide bonds. The van der Waals surface area contributed by atoms with Crippen LogP contribution in [-0.2, 0) is 28.7 Å². The van der Waals surface area contributed by atoms with E-state index in [1.165, 1.54) is 0 Å². The summed E-state index contributed by atoms with van der Waals surface area (Å²) in [4.78, 5) is 58.3. The first kappa shape index (κ1) is 30.0. The van der Waals surface area contributed by atoms with Crippen molar-refractivity contribution < 1.29 is 33.8 Å². The van der Waals surface area contributed by atoms with E-state index in [1.54, 1.807) is 22.0 Å². The second-order valence-corrected chi connectivity index (χ2v) is 11.5. The number of aliphatic hydroxyl groups is 1. The number of carbonyl (C=O) groups excluding carboxylic acids is 4. The lowest BCUT2D eigenvalue weighted by molar-refractivity contribution is -0.160. The summed E-state index contributed by atoms with van der Waals surface area (Å²) in [6, 6.07) is 8.26. The Morgan fingerprint density at radius 1 is 1.02 bits per heavy atom. The van der Waals surface area contributed by atoms with Crippen molar-refractivity contribution in [2.24, 2.45) is 11.8 Å². The smallest absolute Gasteiger partial charge is 0.313 e. The number of cyclic esters (lactones) is 1. The summed E-state index contributed by atoms with van der Waals surface area (Å²) in [6.07, 6.45) is 9.11. The highest BCUT2D eigenvalue weighted by Gasteiger charge is 2.71. The summed E-state index contributed by atoms with van der Waals surface area (Å²) >= 11 is 0. The molecule has 2 fully saturated rings. The number of carbonyl (C=O) groups is 4. The number of amides is 3. The van der Waals surface area contributed by atoms with Gasteiger partial charge in [-0.3, -0.25) is 19.2 Å². The van der Waals surface area contributed by atoms with E-state index in [-0.39, 0.29) is 43.8 Å². The molecule has 4 aliphatic rings. The SMILES string of the molecule is CCCCN1CC=C[C@]23O[C@@H]4/C=C\CCC(=O)NC[C@@H](c5ccccc5)OC(=O)[C@@H]4[C@H]2C(=O)N(CCCCO)[C@@H]3C1=O. The van der Waals surface area contributed by atoms with Crippen molar-refractivity contribution in [3.8, 4) is 0 Å². The molecule has 0 aromatic heterocycles. The van der Waals surface area contributed by atoms with Crippen molar-refractivity contribution >= 4 is 23.7 Å². The topological polar surface area (TPSA) is 125 Å². The number of ether oxygens (including phenoxy) is 2. The van der Waals surface area contributed by atoms with E-state index in [0.717, 1.165) is 18.4 Å². The number of nitrogens with one attached hydrogen (secondary N) is 1. The van der Waals surface area contributed by atoms with Gasteiger partial charge < -0.3 is 29.7 Å². The lowest BCUT2D eigenvalue weighted by Gasteiger charge is -2.35. The number of esters is 1. The Bertz CT molecular complexity index is 1220. The van der Waals surface area contributed by atoms with Crippen molar-refractivity contribution in [2.45, 2.75) is 69.3 Å². The van der Waals surface area contributed by atoms with Crippen molar-refractivity contribution in [3.05, 3.63) is 60.2 Å². The Hall–Kier alpha value is -3.50. The molecule has 10 nitrogen and oxygen atoms in total. The number of rotatable bonds is 8. The molecule has 0 saturated carbocycles. The van der Waals surface area contributed by atoms with Crippen LogP contribution >= 0.6 is 0 Å². The van der Waals surface area contributed by atoms with Crippen molar-refractivity contribution in [3.63, 3.8) is 0 Å². The third-order valence-corrected chi connectivity index (χ3v) is 8.72. The minimum atomic E-state index is -1.34. The number of likely N-dealkylation sites (tertiary alicyclic amines) is 1. The molecule has 226 valence electrons. The lowest BCUT2D eigenvalue weighted by atomic mass is 9.78. The Labute approximate surface area is 246 Å². The first-order valence-electron chi connectivity index (χ1n) is 15.2. The number of benzene rings is 1. The second-order valence-electron chi connectivity index (χ2n) is 11.5. The molecule has 4 aliphatic heterocycles. The molecule has 42 heavy (non-hydrogen) atoms. The highest BCUT2D eigenvalue weighted by molar-refractivity contribution is 5.99. The fourth-order valence-electron chi connectivity index (χ4n) is 6.64. The maximum atomic E-state index is 14.3. The van der Waals surface area contributed by atoms with E-state index in [2.05, 4.69) is 12.2 Å². The van der Waals surface area contributed by atoms with Crippen LogP contribution < -0.4 is 5.32 Å². The molecule has 5 rings (SSSR count). The van der Waals surface area contributed by atoms with Crippen LogP contribution in [0.15, 0.2) is 54.6 Å². The van der Waals surface area contributed by atoms with Crippen molar-refractivity contribution in [2.75, 3.05) is 32.8 Å². The Balaban J connectivity index is 1.55. The highest BCUT2D eigenvalue weighted by Crippen LogP contribution is 2.53. The first-order valence-corrected chi connectivity index (χ1v) is 15.2. The molecule has 6 atom stereocenters. The summed E-state index contributed by atoms with van der Waals surface area (Å²) in [5.41, 5.74) is -0.620. The molecule has 10 heteroatoms. The molecular formula is C32H41N3O7. The van der Waals surface area contributed by atoms with Gasteiger partial charge in [0.15, 0.2) is 0 Å². The van der Waals surface area contributed by atoms with Gasteiger partial charge >= 0.3 is 5.97 Å². The predicted molar refractivity (Wildman–Crippen MR) is 154 cm³/mol. The van der Waals surface area contributed by atoms with E-state index in [1.807, 2.05) is 42.5 Å². The molecule has 0 aliphatic carbocycles. The number of hydrogen-bond acceptors (Lipinski definition) is 7. The maximum Gasteiger partial charge on any atom is 0.313 e. The zero-order valence-corrected chi connectivity index (χ0v) is 24.2. The molecule has 0 unspecified atom stereocenters. The van der Waals surface area contributed by atoms with Crippen molar-refractivity contribution in [1.29, 1.82) is 0 Å². The average molecular weight is 580 g/mol. The fourth-order valence-corrected chi connectivity index (χ4v) is 6.64. The van der Waals surface area contributed by atoms with Gasteiger partial charge in [-0.1, -0.05) is 68.0 Å². The monoisotopic (exact) mass is 579 g/mol. The normalized spacial score (nSPS) is 32.2. The Kier molecular flexibility index (Phi) is 9.43. The van der Waals surface area contributed by atoms with Gasteiger partial charge in [0.05, 0.1) is 18.6 Å². The summed E-state index contributed by atoms with van der Waals surface area (Å²) in [7, 11) is 0. The minimum Gasteiger partial charge on any atom is -0.455 e. The molecule has 2 saturated heterocycles. The third-order valence-electron chi connectivity index (χ3n) is 8.72. The standard InChI is InChI=1S/C32H41N3O7/c1-2-3-17-34-18-11-16-32-27(29(38)35(19-9-10-20-36)28(32)30(34)39)26-23(42-32)14-7-8-15-25(37)33-21-24(41-31(26)40)22-12-5-4-6-13-22/h4-7,11-14,16,23-24,26-28,36H,2-3,8-10,15,17-21H2,1H3,(H,33,37)/b14-7-/t23-,24+,26+,27+,28-,32+/m1/s1. The van der Waals surface area contributed by atoms with E-state index < -0.39 is 41.7 Å². The summed E-state index contributed by atoms with van der Waals surface area (Å²) in [5.74, 6) is -3.22. The van der Waals surface area contributed by atoms with Crippen LogP contribution in [0, 0.1) is 11.8 Å². The zero-order chi connectivity index (χ0) is 29.7. The zero-order valence-electron chi connectivity index (χ0n) is 24.2. The summed E-state index contributed by atoms with van der Waals surface area (Å²) in [5, 5.41) is 12.3. The van der Waals surface area contributed by atoms with E-state index >= 15 is 0 Å². The van der Waals surface area contributed by atoms with Crippen LogP contribution in [0.2, 0.25) is 0 Å². The molecular weight excluding hydrogens is 538 g/mol. The molecule has 0 radical (unpaired) electrons. The Morgan fingerprint density at radius 2 is 1.83 bits per heavy atom. The summed E-state index contributed by atoms with van der Waals surface area (Å²) in [6.45, 7) is 3.36. The second kappa shape index (κ2) is 13.2. The van der Waals surface area contributed by atoms with Crippen LogP contribution in [0.1, 0.15) is 57.1 Å². The number of allylic oxidation sites excluding steroid dienone is 1. The molecule has 1 aromatic carbocycles. The summed E-state index contributed by atoms with van der Waals surface area (Å²) < 4.78 is 12.8. The number of nitrogens with zero attached hydrogens (tertiary/aromatic N) is 2. The van der Waals surface area contributed by atoms with Crippen molar-refractivity contribution in [1.82, 2.24) is 15.1 Å². The lowest BCUT2D eigenvalue weighted by Crippen LogP contribution is -2.55. The molecule has 1 spiro atoms. The van der Waals surface area contributed by atoms with Gasteiger partial charge in [0.1, 0.15) is 23.7 Å². The number of aliphatic hydroxyl groups excluding tert-OH is 1. The van der Waals surface area contributed by atoms with Crippen LogP contribution in [0.4, 0.5) is 0 Å². The highest BCUT2D eigenvalue weighted by atomic mass is 16.6. The third kappa shape index (κ3) is 5.74. The maximum absolute atomic E-state index is 14.3. The molecule has 4 heterocycles. The van der Waals surface area contributed by atoms with Crippen LogP contribution in [0.25, 0.3) is 0 Å². The van der Waals surface area contributed by atoms with Gasteiger partial charge in [-0.25, -0.2) is 0 Å². The van der Waals surface area contributed by atoms with Gasteiger partial charge in [0, 0.05) is 32.7 Å². The van der Waals surface area contributed by atoms with E-state index in [0.29, 0.717) is 32.4 Å². The van der Waals surface area contributed by atoms with Gasteiger partial charge in [0.2, 0.25) is 17.7 Å². The first-order chi connectivity index (χ1) is 20.4. The quantitative estimate of drug-likeness (QED) is 0.275. The molecule has 1 aromatic rings. The molecule has 2 N–H and O–H groups in total. The van der Waals surface area contributed by atoms with Gasteiger partial charge in [-0.15, -0.1) is 0 Å². The molecule has 0 bridgehead atoms.